The molecule has 0 spiro atoms. The first-order valence-electron chi connectivity index (χ1n) is 3.65. The van der Waals surface area contributed by atoms with Gasteiger partial charge in [0.2, 0.25) is 0 Å². The Hall–Kier alpha value is -0.340. The lowest BCUT2D eigenvalue weighted by Crippen LogP contribution is -2.36. The van der Waals surface area contributed by atoms with Gasteiger partial charge < -0.3 is 10.1 Å². The summed E-state index contributed by atoms with van der Waals surface area (Å²) in [6.07, 6.45) is 1.94. The zero-order valence-corrected chi connectivity index (χ0v) is 7.05. The largest absolute Gasteiger partial charge is 0.376 e. The minimum atomic E-state index is 0.125. The van der Waals surface area contributed by atoms with Crippen molar-refractivity contribution in [3.63, 3.8) is 0 Å². The van der Waals surface area contributed by atoms with Crippen molar-refractivity contribution in [2.24, 2.45) is 0 Å². The Balaban J connectivity index is 3.63. The standard InChI is InChI=1S/C8H17NO/c1-5-8(10-4)7(3)9-6-2/h5,7-9H,1,6H2,2-4H3/t7-,8-/m0/s1. The second kappa shape index (κ2) is 5.45. The van der Waals surface area contributed by atoms with E-state index in [2.05, 4.69) is 25.7 Å². The van der Waals surface area contributed by atoms with E-state index < -0.39 is 0 Å². The molecule has 10 heavy (non-hydrogen) atoms. The Morgan fingerprint density at radius 1 is 1.70 bits per heavy atom. The predicted molar refractivity (Wildman–Crippen MR) is 44.1 cm³/mol. The molecule has 0 aromatic carbocycles. The number of hydrogen-bond acceptors (Lipinski definition) is 2. The van der Waals surface area contributed by atoms with Crippen LogP contribution in [-0.2, 0) is 4.74 Å². The molecule has 0 aromatic heterocycles. The fourth-order valence-corrected chi connectivity index (χ4v) is 0.943. The molecule has 2 atom stereocenters. The van der Waals surface area contributed by atoms with E-state index >= 15 is 0 Å². The van der Waals surface area contributed by atoms with E-state index in [9.17, 15) is 0 Å². The average molecular weight is 143 g/mol. The predicted octanol–water partition coefficient (Wildman–Crippen LogP) is 1.19. The molecule has 0 aliphatic carbocycles. The van der Waals surface area contributed by atoms with Gasteiger partial charge in [0.1, 0.15) is 0 Å². The maximum absolute atomic E-state index is 5.13. The molecule has 0 saturated carbocycles. The van der Waals surface area contributed by atoms with Crippen molar-refractivity contribution in [1.29, 1.82) is 0 Å². The molecule has 0 unspecified atom stereocenters. The number of nitrogens with one attached hydrogen (secondary N) is 1. The maximum atomic E-state index is 5.13. The van der Waals surface area contributed by atoms with Crippen molar-refractivity contribution < 1.29 is 4.74 Å². The van der Waals surface area contributed by atoms with Gasteiger partial charge in [0, 0.05) is 13.2 Å². The lowest BCUT2D eigenvalue weighted by molar-refractivity contribution is 0.112. The first-order chi connectivity index (χ1) is 4.76. The van der Waals surface area contributed by atoms with Crippen molar-refractivity contribution in [2.75, 3.05) is 13.7 Å². The minimum absolute atomic E-state index is 0.125. The molecule has 0 aromatic rings. The maximum Gasteiger partial charge on any atom is 0.0899 e. The van der Waals surface area contributed by atoms with Gasteiger partial charge in [-0.2, -0.15) is 0 Å². The second-order valence-electron chi connectivity index (χ2n) is 2.28. The van der Waals surface area contributed by atoms with Crippen LogP contribution in [0.5, 0.6) is 0 Å². The van der Waals surface area contributed by atoms with Crippen LogP contribution in [0.4, 0.5) is 0 Å². The van der Waals surface area contributed by atoms with Gasteiger partial charge in [0.15, 0.2) is 0 Å². The highest BCUT2D eigenvalue weighted by atomic mass is 16.5. The zero-order chi connectivity index (χ0) is 7.98. The quantitative estimate of drug-likeness (QED) is 0.584. The summed E-state index contributed by atoms with van der Waals surface area (Å²) >= 11 is 0. The van der Waals surface area contributed by atoms with Gasteiger partial charge in [-0.05, 0) is 13.5 Å². The van der Waals surface area contributed by atoms with Crippen LogP contribution in [0.2, 0.25) is 0 Å². The van der Waals surface area contributed by atoms with Crippen LogP contribution in [0.25, 0.3) is 0 Å². The molecule has 0 aliphatic rings. The summed E-state index contributed by atoms with van der Waals surface area (Å²) in [4.78, 5) is 0. The van der Waals surface area contributed by atoms with E-state index in [-0.39, 0.29) is 6.10 Å². The molecule has 0 heterocycles. The summed E-state index contributed by atoms with van der Waals surface area (Å²) in [6.45, 7) is 8.80. The fraction of sp³-hybridized carbons (Fsp3) is 0.750. The zero-order valence-electron chi connectivity index (χ0n) is 7.05. The first kappa shape index (κ1) is 9.66. The van der Waals surface area contributed by atoms with Crippen LogP contribution in [0.1, 0.15) is 13.8 Å². The van der Waals surface area contributed by atoms with Crippen molar-refractivity contribution in [3.8, 4) is 0 Å². The number of hydrogen-bond donors (Lipinski definition) is 1. The monoisotopic (exact) mass is 143 g/mol. The van der Waals surface area contributed by atoms with Gasteiger partial charge in [0.05, 0.1) is 6.10 Å². The van der Waals surface area contributed by atoms with E-state index in [1.54, 1.807) is 7.11 Å². The normalized spacial score (nSPS) is 16.3. The molecule has 0 fully saturated rings. The van der Waals surface area contributed by atoms with Crippen LogP contribution >= 0.6 is 0 Å². The molecule has 0 saturated heterocycles. The SMILES string of the molecule is C=C[C@H](OC)[C@H](C)NCC. The van der Waals surface area contributed by atoms with Gasteiger partial charge in [-0.1, -0.05) is 13.0 Å². The Labute approximate surface area is 63.3 Å². The van der Waals surface area contributed by atoms with Crippen molar-refractivity contribution >= 4 is 0 Å². The summed E-state index contributed by atoms with van der Waals surface area (Å²) in [5.41, 5.74) is 0. The fourth-order valence-electron chi connectivity index (χ4n) is 0.943. The Morgan fingerprint density at radius 2 is 2.30 bits per heavy atom. The summed E-state index contributed by atoms with van der Waals surface area (Å²) in [6, 6.07) is 0.354. The van der Waals surface area contributed by atoms with E-state index in [0.29, 0.717) is 6.04 Å². The third-order valence-electron chi connectivity index (χ3n) is 1.52. The van der Waals surface area contributed by atoms with Gasteiger partial charge in [-0.15, -0.1) is 6.58 Å². The van der Waals surface area contributed by atoms with Crippen LogP contribution < -0.4 is 5.32 Å². The smallest absolute Gasteiger partial charge is 0.0899 e. The molecular weight excluding hydrogens is 126 g/mol. The molecule has 2 nitrogen and oxygen atoms in total. The lowest BCUT2D eigenvalue weighted by atomic mass is 10.2. The van der Waals surface area contributed by atoms with Crippen molar-refractivity contribution in [1.82, 2.24) is 5.32 Å². The molecule has 0 bridgehead atoms. The highest BCUT2D eigenvalue weighted by Gasteiger charge is 2.09. The molecular formula is C8H17NO. The van der Waals surface area contributed by atoms with Crippen LogP contribution in [0.3, 0.4) is 0 Å². The third kappa shape index (κ3) is 2.99. The molecule has 2 heteroatoms. The molecule has 0 rings (SSSR count). The van der Waals surface area contributed by atoms with E-state index in [0.717, 1.165) is 6.54 Å². The number of ether oxygens (including phenoxy) is 1. The van der Waals surface area contributed by atoms with Gasteiger partial charge in [-0.3, -0.25) is 0 Å². The average Bonchev–Trinajstić information content (AvgIpc) is 1.91. The van der Waals surface area contributed by atoms with Crippen molar-refractivity contribution in [2.45, 2.75) is 26.0 Å². The molecule has 1 N–H and O–H groups in total. The molecule has 0 amide bonds. The summed E-state index contributed by atoms with van der Waals surface area (Å²) in [5.74, 6) is 0. The molecule has 60 valence electrons. The van der Waals surface area contributed by atoms with E-state index in [1.807, 2.05) is 6.08 Å². The Morgan fingerprint density at radius 3 is 2.60 bits per heavy atom. The Bertz CT molecular complexity index is 93.3. The summed E-state index contributed by atoms with van der Waals surface area (Å²) in [5, 5.41) is 3.25. The van der Waals surface area contributed by atoms with Crippen LogP contribution in [0.15, 0.2) is 12.7 Å². The molecule has 0 aliphatic heterocycles. The molecule has 0 radical (unpaired) electrons. The third-order valence-corrected chi connectivity index (χ3v) is 1.52. The van der Waals surface area contributed by atoms with Crippen LogP contribution in [0, 0.1) is 0 Å². The number of methoxy groups -OCH3 is 1. The topological polar surface area (TPSA) is 21.3 Å². The van der Waals surface area contributed by atoms with Crippen molar-refractivity contribution in [3.05, 3.63) is 12.7 Å². The first-order valence-corrected chi connectivity index (χ1v) is 3.65. The number of rotatable bonds is 5. The van der Waals surface area contributed by atoms with E-state index in [4.69, 9.17) is 4.74 Å². The second-order valence-corrected chi connectivity index (χ2v) is 2.28. The number of likely N-dealkylation sites (N-methyl/N-ethyl adjacent to an activating group) is 1. The van der Waals surface area contributed by atoms with Gasteiger partial charge in [-0.25, -0.2) is 0 Å². The van der Waals surface area contributed by atoms with Gasteiger partial charge in [0.25, 0.3) is 0 Å². The van der Waals surface area contributed by atoms with E-state index in [1.165, 1.54) is 0 Å². The highest BCUT2D eigenvalue weighted by molar-refractivity contribution is 4.87. The lowest BCUT2D eigenvalue weighted by Gasteiger charge is -2.19. The minimum Gasteiger partial charge on any atom is -0.376 e. The van der Waals surface area contributed by atoms with Crippen LogP contribution in [-0.4, -0.2) is 25.8 Å². The highest BCUT2D eigenvalue weighted by Crippen LogP contribution is 1.97. The Kier molecular flexibility index (Phi) is 5.26. The summed E-state index contributed by atoms with van der Waals surface area (Å²) in [7, 11) is 1.69. The summed E-state index contributed by atoms with van der Waals surface area (Å²) < 4.78 is 5.13. The van der Waals surface area contributed by atoms with Gasteiger partial charge >= 0.3 is 0 Å².